The van der Waals surface area contributed by atoms with Gasteiger partial charge in [-0.1, -0.05) is 30.0 Å². The van der Waals surface area contributed by atoms with Crippen LogP contribution < -0.4 is 0 Å². The lowest BCUT2D eigenvalue weighted by Gasteiger charge is -1.99. The minimum atomic E-state index is 0.805. The molecule has 0 aliphatic carbocycles. The molecule has 2 rings (SSSR count). The second kappa shape index (κ2) is 6.12. The van der Waals surface area contributed by atoms with Crippen LogP contribution in [0.15, 0.2) is 48.7 Å². The third-order valence-corrected chi connectivity index (χ3v) is 2.54. The zero-order chi connectivity index (χ0) is 11.9. The summed E-state index contributed by atoms with van der Waals surface area (Å²) in [5, 5.41) is 0. The van der Waals surface area contributed by atoms with Crippen molar-refractivity contribution in [2.45, 2.75) is 6.42 Å². The summed E-state index contributed by atoms with van der Waals surface area (Å²) in [6, 6.07) is 14.1. The maximum Gasteiger partial charge on any atom is 0.0701 e. The van der Waals surface area contributed by atoms with Crippen molar-refractivity contribution in [1.29, 1.82) is 0 Å². The molecule has 0 aliphatic rings. The maximum absolute atomic E-state index is 4.31. The second-order valence-corrected chi connectivity index (χ2v) is 4.01. The van der Waals surface area contributed by atoms with Gasteiger partial charge in [-0.2, -0.15) is 12.6 Å². The fraction of sp³-hybridized carbons (Fsp3) is 0.133. The average molecular weight is 239 g/mol. The summed E-state index contributed by atoms with van der Waals surface area (Å²) in [4.78, 5) is 4.31. The van der Waals surface area contributed by atoms with Crippen LogP contribution in [0.25, 0.3) is 11.3 Å². The molecule has 0 saturated heterocycles. The number of pyridine rings is 1. The third-order valence-electron chi connectivity index (χ3n) is 2.32. The number of aromatic nitrogens is 1. The molecule has 1 nitrogen and oxygen atoms in total. The van der Waals surface area contributed by atoms with E-state index in [2.05, 4.69) is 29.5 Å². The van der Waals surface area contributed by atoms with Crippen LogP contribution in [-0.4, -0.2) is 10.7 Å². The summed E-state index contributed by atoms with van der Waals surface area (Å²) in [6.07, 6.45) is 2.63. The molecule has 0 saturated carbocycles. The van der Waals surface area contributed by atoms with Gasteiger partial charge >= 0.3 is 0 Å². The molecular weight excluding hydrogens is 226 g/mol. The Kier molecular flexibility index (Phi) is 4.23. The van der Waals surface area contributed by atoms with E-state index >= 15 is 0 Å². The lowest BCUT2D eigenvalue weighted by molar-refractivity contribution is 1.31. The highest BCUT2D eigenvalue weighted by molar-refractivity contribution is 7.80. The average Bonchev–Trinajstić information content (AvgIpc) is 2.41. The van der Waals surface area contributed by atoms with Crippen LogP contribution in [-0.2, 0) is 0 Å². The quantitative estimate of drug-likeness (QED) is 0.626. The molecule has 1 heterocycles. The highest BCUT2D eigenvalue weighted by atomic mass is 32.1. The molecule has 0 aliphatic heterocycles. The summed E-state index contributed by atoms with van der Waals surface area (Å²) < 4.78 is 0. The normalized spacial score (nSPS) is 9.47. The molecule has 0 amide bonds. The minimum Gasteiger partial charge on any atom is -0.256 e. The van der Waals surface area contributed by atoms with E-state index in [0.717, 1.165) is 29.0 Å². The lowest BCUT2D eigenvalue weighted by atomic mass is 10.1. The van der Waals surface area contributed by atoms with Gasteiger partial charge in [0.2, 0.25) is 0 Å². The summed E-state index contributed by atoms with van der Waals surface area (Å²) >= 11 is 4.12. The monoisotopic (exact) mass is 239 g/mol. The van der Waals surface area contributed by atoms with Crippen molar-refractivity contribution in [3.05, 3.63) is 54.2 Å². The molecule has 2 aromatic rings. The Morgan fingerprint density at radius 2 is 1.88 bits per heavy atom. The molecule has 17 heavy (non-hydrogen) atoms. The first kappa shape index (κ1) is 11.8. The number of rotatable bonds is 2. The molecule has 1 aromatic carbocycles. The van der Waals surface area contributed by atoms with Gasteiger partial charge in [-0.15, -0.1) is 0 Å². The van der Waals surface area contributed by atoms with E-state index in [1.54, 1.807) is 6.20 Å². The van der Waals surface area contributed by atoms with Gasteiger partial charge in [0.15, 0.2) is 0 Å². The Morgan fingerprint density at radius 1 is 1.06 bits per heavy atom. The Labute approximate surface area is 107 Å². The van der Waals surface area contributed by atoms with Gasteiger partial charge in [-0.3, -0.25) is 4.98 Å². The molecule has 0 bridgehead atoms. The van der Waals surface area contributed by atoms with E-state index in [-0.39, 0.29) is 0 Å². The summed E-state index contributed by atoms with van der Waals surface area (Å²) in [6.45, 7) is 0. The van der Waals surface area contributed by atoms with Gasteiger partial charge in [-0.05, 0) is 24.3 Å². The highest BCUT2D eigenvalue weighted by Crippen LogP contribution is 2.16. The molecule has 0 unspecified atom stereocenters. The first-order chi connectivity index (χ1) is 8.40. The SMILES string of the molecule is SCCC#Cc1ccc(-c2ccccn2)cc1. The van der Waals surface area contributed by atoms with Gasteiger partial charge in [0.25, 0.3) is 0 Å². The van der Waals surface area contributed by atoms with Crippen LogP contribution in [0.5, 0.6) is 0 Å². The number of hydrogen-bond donors (Lipinski definition) is 1. The predicted molar refractivity (Wildman–Crippen MR) is 75.0 cm³/mol. The fourth-order valence-corrected chi connectivity index (χ4v) is 1.59. The Morgan fingerprint density at radius 3 is 2.53 bits per heavy atom. The zero-order valence-corrected chi connectivity index (χ0v) is 10.3. The topological polar surface area (TPSA) is 12.9 Å². The molecule has 0 atom stereocenters. The lowest BCUT2D eigenvalue weighted by Crippen LogP contribution is -1.82. The van der Waals surface area contributed by atoms with Crippen LogP contribution in [0.2, 0.25) is 0 Å². The molecule has 0 N–H and O–H groups in total. The van der Waals surface area contributed by atoms with Crippen molar-refractivity contribution in [1.82, 2.24) is 4.98 Å². The summed E-state index contributed by atoms with van der Waals surface area (Å²) in [5.74, 6) is 6.98. The predicted octanol–water partition coefficient (Wildman–Crippen LogP) is 3.42. The van der Waals surface area contributed by atoms with Crippen LogP contribution in [0.3, 0.4) is 0 Å². The summed E-state index contributed by atoms with van der Waals surface area (Å²) in [5.41, 5.74) is 3.14. The largest absolute Gasteiger partial charge is 0.256 e. The van der Waals surface area contributed by atoms with Gasteiger partial charge < -0.3 is 0 Å². The van der Waals surface area contributed by atoms with Gasteiger partial charge in [0, 0.05) is 29.5 Å². The van der Waals surface area contributed by atoms with Crippen molar-refractivity contribution in [3.63, 3.8) is 0 Å². The summed E-state index contributed by atoms with van der Waals surface area (Å²) in [7, 11) is 0. The van der Waals surface area contributed by atoms with Crippen molar-refractivity contribution < 1.29 is 0 Å². The first-order valence-electron chi connectivity index (χ1n) is 5.51. The molecule has 1 aromatic heterocycles. The van der Waals surface area contributed by atoms with E-state index in [4.69, 9.17) is 0 Å². The Balaban J connectivity index is 2.17. The van der Waals surface area contributed by atoms with Crippen molar-refractivity contribution >= 4 is 12.6 Å². The molecule has 0 spiro atoms. The van der Waals surface area contributed by atoms with E-state index in [1.807, 2.05) is 42.5 Å². The number of benzene rings is 1. The van der Waals surface area contributed by atoms with Crippen LogP contribution >= 0.6 is 12.6 Å². The Hall–Kier alpha value is -1.72. The molecule has 84 valence electrons. The van der Waals surface area contributed by atoms with Crippen molar-refractivity contribution in [2.24, 2.45) is 0 Å². The molecule has 0 fully saturated rings. The van der Waals surface area contributed by atoms with Gasteiger partial charge in [0.1, 0.15) is 0 Å². The third kappa shape index (κ3) is 3.37. The molecular formula is C15H13NS. The van der Waals surface area contributed by atoms with Crippen molar-refractivity contribution in [2.75, 3.05) is 5.75 Å². The standard InChI is InChI=1S/C15H13NS/c17-12-4-2-5-13-7-9-14(10-8-13)15-6-1-3-11-16-15/h1,3,6-11,17H,4,12H2. The smallest absolute Gasteiger partial charge is 0.0701 e. The second-order valence-electron chi connectivity index (χ2n) is 3.57. The highest BCUT2D eigenvalue weighted by Gasteiger charge is 1.96. The first-order valence-corrected chi connectivity index (χ1v) is 6.14. The van der Waals surface area contributed by atoms with Crippen molar-refractivity contribution in [3.8, 4) is 23.1 Å². The van der Waals surface area contributed by atoms with E-state index < -0.39 is 0 Å². The number of hydrogen-bond acceptors (Lipinski definition) is 2. The molecule has 2 heteroatoms. The maximum atomic E-state index is 4.31. The van der Waals surface area contributed by atoms with Crippen LogP contribution in [0.4, 0.5) is 0 Å². The molecule has 0 radical (unpaired) electrons. The number of nitrogens with zero attached hydrogens (tertiary/aromatic N) is 1. The van der Waals surface area contributed by atoms with Gasteiger partial charge in [0.05, 0.1) is 5.69 Å². The minimum absolute atomic E-state index is 0.805. The van der Waals surface area contributed by atoms with Gasteiger partial charge in [-0.25, -0.2) is 0 Å². The van der Waals surface area contributed by atoms with E-state index in [0.29, 0.717) is 0 Å². The zero-order valence-electron chi connectivity index (χ0n) is 9.43. The van der Waals surface area contributed by atoms with E-state index in [1.165, 1.54) is 0 Å². The van der Waals surface area contributed by atoms with Crippen LogP contribution in [0.1, 0.15) is 12.0 Å². The van der Waals surface area contributed by atoms with E-state index in [9.17, 15) is 0 Å². The number of thiol groups is 1. The fourth-order valence-electron chi connectivity index (χ4n) is 1.48. The Bertz CT molecular complexity index is 520. The van der Waals surface area contributed by atoms with Crippen LogP contribution in [0, 0.1) is 11.8 Å².